The van der Waals surface area contributed by atoms with Gasteiger partial charge in [0, 0.05) is 5.02 Å². The van der Waals surface area contributed by atoms with Gasteiger partial charge in [0.05, 0.1) is 0 Å². The highest BCUT2D eigenvalue weighted by Crippen LogP contribution is 2.28. The standard InChI is InChI=1S/C15H23ClFN/c1-4-8-18-9-7-15(2,3)11-12-10-13(16)5-6-14(12)17/h5-6,10,18H,4,7-9,11H2,1-3H3. The summed E-state index contributed by atoms with van der Waals surface area (Å²) in [6.45, 7) is 8.51. The molecule has 0 aromatic heterocycles. The minimum Gasteiger partial charge on any atom is -0.317 e. The number of rotatable bonds is 7. The molecule has 0 spiro atoms. The molecule has 1 N–H and O–H groups in total. The lowest BCUT2D eigenvalue weighted by atomic mass is 9.82. The molecule has 0 fully saturated rings. The van der Waals surface area contributed by atoms with Gasteiger partial charge in [0.25, 0.3) is 0 Å². The molecule has 0 atom stereocenters. The zero-order chi connectivity index (χ0) is 13.6. The molecule has 0 radical (unpaired) electrons. The molecule has 0 bridgehead atoms. The number of hydrogen-bond acceptors (Lipinski definition) is 1. The van der Waals surface area contributed by atoms with Crippen molar-refractivity contribution >= 4 is 11.6 Å². The van der Waals surface area contributed by atoms with Crippen LogP contribution >= 0.6 is 11.6 Å². The molecule has 0 saturated heterocycles. The van der Waals surface area contributed by atoms with Crippen LogP contribution < -0.4 is 5.32 Å². The average Bonchev–Trinajstić information content (AvgIpc) is 2.29. The molecule has 1 nitrogen and oxygen atoms in total. The molecular formula is C15H23ClFN. The lowest BCUT2D eigenvalue weighted by Crippen LogP contribution is -2.24. The third-order valence-corrected chi connectivity index (χ3v) is 3.32. The van der Waals surface area contributed by atoms with Gasteiger partial charge in [-0.2, -0.15) is 0 Å². The number of nitrogens with one attached hydrogen (secondary N) is 1. The first-order valence-corrected chi connectivity index (χ1v) is 6.97. The van der Waals surface area contributed by atoms with E-state index >= 15 is 0 Å². The van der Waals surface area contributed by atoms with E-state index in [4.69, 9.17) is 11.6 Å². The molecule has 1 aromatic rings. The first kappa shape index (κ1) is 15.5. The van der Waals surface area contributed by atoms with Crippen molar-refractivity contribution < 1.29 is 4.39 Å². The number of halogens is 2. The minimum absolute atomic E-state index is 0.0757. The predicted molar refractivity (Wildman–Crippen MR) is 76.7 cm³/mol. The summed E-state index contributed by atoms with van der Waals surface area (Å²) in [6, 6.07) is 4.78. The Morgan fingerprint density at radius 1 is 1.28 bits per heavy atom. The van der Waals surface area contributed by atoms with E-state index in [1.54, 1.807) is 12.1 Å². The Balaban J connectivity index is 2.55. The maximum Gasteiger partial charge on any atom is 0.126 e. The van der Waals surface area contributed by atoms with Gasteiger partial charge >= 0.3 is 0 Å². The molecule has 0 heterocycles. The van der Waals surface area contributed by atoms with Crippen molar-refractivity contribution in [3.05, 3.63) is 34.6 Å². The second-order valence-electron chi connectivity index (χ2n) is 5.58. The predicted octanol–water partition coefficient (Wildman–Crippen LogP) is 4.44. The van der Waals surface area contributed by atoms with Crippen LogP contribution in [-0.2, 0) is 6.42 Å². The van der Waals surface area contributed by atoms with Crippen molar-refractivity contribution in [2.45, 2.75) is 40.0 Å². The maximum absolute atomic E-state index is 13.7. The van der Waals surface area contributed by atoms with Gasteiger partial charge in [0.2, 0.25) is 0 Å². The second kappa shape index (κ2) is 7.10. The first-order chi connectivity index (χ1) is 8.44. The Morgan fingerprint density at radius 2 is 2.00 bits per heavy atom. The summed E-state index contributed by atoms with van der Waals surface area (Å²) in [7, 11) is 0. The lowest BCUT2D eigenvalue weighted by molar-refractivity contribution is 0.321. The summed E-state index contributed by atoms with van der Waals surface area (Å²) >= 11 is 5.91. The Labute approximate surface area is 115 Å². The summed E-state index contributed by atoms with van der Waals surface area (Å²) in [6.07, 6.45) is 2.88. The lowest BCUT2D eigenvalue weighted by Gasteiger charge is -2.25. The molecule has 3 heteroatoms. The van der Waals surface area contributed by atoms with Crippen molar-refractivity contribution in [2.24, 2.45) is 5.41 Å². The Morgan fingerprint density at radius 3 is 2.67 bits per heavy atom. The third-order valence-electron chi connectivity index (χ3n) is 3.08. The van der Waals surface area contributed by atoms with Crippen LogP contribution in [0, 0.1) is 11.2 Å². The van der Waals surface area contributed by atoms with E-state index in [1.165, 1.54) is 6.07 Å². The molecule has 0 amide bonds. The molecule has 0 unspecified atom stereocenters. The van der Waals surface area contributed by atoms with Crippen LogP contribution in [0.15, 0.2) is 18.2 Å². The van der Waals surface area contributed by atoms with Crippen LogP contribution in [0.4, 0.5) is 4.39 Å². The van der Waals surface area contributed by atoms with Gasteiger partial charge < -0.3 is 5.32 Å². The van der Waals surface area contributed by atoms with Gasteiger partial charge in [-0.25, -0.2) is 4.39 Å². The highest BCUT2D eigenvalue weighted by Gasteiger charge is 2.20. The van der Waals surface area contributed by atoms with E-state index in [2.05, 4.69) is 26.1 Å². The fraction of sp³-hybridized carbons (Fsp3) is 0.600. The molecule has 0 saturated carbocycles. The fourth-order valence-corrected chi connectivity index (χ4v) is 2.21. The van der Waals surface area contributed by atoms with Crippen LogP contribution in [0.25, 0.3) is 0 Å². The number of benzene rings is 1. The summed E-state index contributed by atoms with van der Waals surface area (Å²) in [5.41, 5.74) is 0.787. The summed E-state index contributed by atoms with van der Waals surface area (Å²) in [4.78, 5) is 0. The molecule has 18 heavy (non-hydrogen) atoms. The van der Waals surface area contributed by atoms with E-state index in [-0.39, 0.29) is 11.2 Å². The molecule has 0 aliphatic heterocycles. The highest BCUT2D eigenvalue weighted by atomic mass is 35.5. The Kier molecular flexibility index (Phi) is 6.10. The van der Waals surface area contributed by atoms with Crippen molar-refractivity contribution in [1.29, 1.82) is 0 Å². The van der Waals surface area contributed by atoms with Crippen molar-refractivity contribution in [2.75, 3.05) is 13.1 Å². The van der Waals surface area contributed by atoms with Gasteiger partial charge in [0.15, 0.2) is 0 Å². The van der Waals surface area contributed by atoms with Crippen molar-refractivity contribution in [1.82, 2.24) is 5.32 Å². The van der Waals surface area contributed by atoms with E-state index in [9.17, 15) is 4.39 Å². The zero-order valence-corrected chi connectivity index (χ0v) is 12.3. The van der Waals surface area contributed by atoms with Crippen molar-refractivity contribution in [3.8, 4) is 0 Å². The Bertz CT molecular complexity index is 377. The van der Waals surface area contributed by atoms with Crippen LogP contribution in [0.1, 0.15) is 39.2 Å². The maximum atomic E-state index is 13.7. The topological polar surface area (TPSA) is 12.0 Å². The third kappa shape index (κ3) is 5.36. The normalized spacial score (nSPS) is 11.8. The summed E-state index contributed by atoms with van der Waals surface area (Å²) in [5.74, 6) is -0.158. The van der Waals surface area contributed by atoms with Crippen molar-refractivity contribution in [3.63, 3.8) is 0 Å². The van der Waals surface area contributed by atoms with Crippen LogP contribution in [0.3, 0.4) is 0 Å². The van der Waals surface area contributed by atoms with Gasteiger partial charge in [-0.1, -0.05) is 32.4 Å². The minimum atomic E-state index is -0.158. The van der Waals surface area contributed by atoms with E-state index in [0.717, 1.165) is 25.9 Å². The molecule has 0 aliphatic rings. The monoisotopic (exact) mass is 271 g/mol. The van der Waals surface area contributed by atoms with E-state index < -0.39 is 0 Å². The summed E-state index contributed by atoms with van der Waals surface area (Å²) in [5, 5.41) is 3.99. The SMILES string of the molecule is CCCNCCC(C)(C)Cc1cc(Cl)ccc1F. The molecule has 1 rings (SSSR count). The van der Waals surface area contributed by atoms with Gasteiger partial charge in [0.1, 0.15) is 5.82 Å². The van der Waals surface area contributed by atoms with Crippen LogP contribution in [0.5, 0.6) is 0 Å². The molecule has 102 valence electrons. The molecule has 1 aromatic carbocycles. The van der Waals surface area contributed by atoms with Crippen LogP contribution in [0.2, 0.25) is 5.02 Å². The van der Waals surface area contributed by atoms with E-state index in [1.807, 2.05) is 0 Å². The second-order valence-corrected chi connectivity index (χ2v) is 6.01. The van der Waals surface area contributed by atoms with Gasteiger partial charge in [-0.15, -0.1) is 0 Å². The Hall–Kier alpha value is -0.600. The summed E-state index contributed by atoms with van der Waals surface area (Å²) < 4.78 is 13.7. The van der Waals surface area contributed by atoms with E-state index in [0.29, 0.717) is 17.0 Å². The van der Waals surface area contributed by atoms with Crippen LogP contribution in [-0.4, -0.2) is 13.1 Å². The number of hydrogen-bond donors (Lipinski definition) is 1. The first-order valence-electron chi connectivity index (χ1n) is 6.59. The quantitative estimate of drug-likeness (QED) is 0.723. The molecular weight excluding hydrogens is 249 g/mol. The fourth-order valence-electron chi connectivity index (χ4n) is 2.01. The largest absolute Gasteiger partial charge is 0.317 e. The smallest absolute Gasteiger partial charge is 0.126 e. The van der Waals surface area contributed by atoms with Gasteiger partial charge in [-0.05, 0) is 61.5 Å². The average molecular weight is 272 g/mol. The van der Waals surface area contributed by atoms with Gasteiger partial charge in [-0.3, -0.25) is 0 Å². The molecule has 0 aliphatic carbocycles. The zero-order valence-electron chi connectivity index (χ0n) is 11.5. The highest BCUT2D eigenvalue weighted by molar-refractivity contribution is 6.30.